The van der Waals surface area contributed by atoms with E-state index in [1.807, 2.05) is 49.4 Å². The Hall–Kier alpha value is -4.43. The van der Waals surface area contributed by atoms with Crippen LogP contribution in [0.25, 0.3) is 33.4 Å². The van der Waals surface area contributed by atoms with Gasteiger partial charge in [0, 0.05) is 21.9 Å². The van der Waals surface area contributed by atoms with E-state index >= 15 is 0 Å². The first-order valence-electron chi connectivity index (χ1n) is 11.1. The summed E-state index contributed by atoms with van der Waals surface area (Å²) in [6, 6.07) is 22.8. The van der Waals surface area contributed by atoms with E-state index in [4.69, 9.17) is 4.74 Å². The van der Waals surface area contributed by atoms with Gasteiger partial charge in [-0.2, -0.15) is 0 Å². The Balaban J connectivity index is 1.30. The Bertz CT molecular complexity index is 1560. The molecule has 0 aliphatic heterocycles. The third-order valence-corrected chi connectivity index (χ3v) is 6.27. The van der Waals surface area contributed by atoms with Crippen molar-refractivity contribution < 1.29 is 18.7 Å². The number of rotatable bonds is 6. The molecule has 0 saturated heterocycles. The van der Waals surface area contributed by atoms with Crippen molar-refractivity contribution in [3.05, 3.63) is 101 Å². The fourth-order valence-corrected chi connectivity index (χ4v) is 4.40. The number of amides is 1. The van der Waals surface area contributed by atoms with Crippen LogP contribution in [-0.2, 0) is 9.53 Å². The summed E-state index contributed by atoms with van der Waals surface area (Å²) in [4.78, 5) is 34.5. The number of nitrogens with zero attached hydrogens (tertiary/aromatic N) is 2. The number of para-hydroxylation sites is 1. The van der Waals surface area contributed by atoms with Crippen LogP contribution >= 0.6 is 11.3 Å². The smallest absolute Gasteiger partial charge is 0.339 e. The first kappa shape index (κ1) is 23.3. The van der Waals surface area contributed by atoms with Crippen LogP contribution in [0.15, 0.2) is 84.2 Å². The lowest BCUT2D eigenvalue weighted by Gasteiger charge is -2.10. The molecule has 0 spiro atoms. The number of nitrogens with one attached hydrogen (secondary N) is 1. The molecule has 0 radical (unpaired) electrons. The molecule has 0 saturated carbocycles. The molecule has 6 nitrogen and oxygen atoms in total. The second-order valence-corrected chi connectivity index (χ2v) is 8.97. The van der Waals surface area contributed by atoms with Crippen LogP contribution in [0.5, 0.6) is 0 Å². The van der Waals surface area contributed by atoms with E-state index in [0.29, 0.717) is 33.0 Å². The molecule has 0 bridgehead atoms. The van der Waals surface area contributed by atoms with E-state index < -0.39 is 18.5 Å². The number of ether oxygens (including phenoxy) is 1. The van der Waals surface area contributed by atoms with Gasteiger partial charge in [-0.05, 0) is 43.3 Å². The Kier molecular flexibility index (Phi) is 6.51. The van der Waals surface area contributed by atoms with Crippen LogP contribution in [0.3, 0.4) is 0 Å². The molecule has 1 N–H and O–H groups in total. The van der Waals surface area contributed by atoms with Gasteiger partial charge in [0.25, 0.3) is 5.91 Å². The third kappa shape index (κ3) is 5.13. The van der Waals surface area contributed by atoms with Crippen molar-refractivity contribution >= 4 is 39.2 Å². The molecule has 2 aromatic heterocycles. The first-order chi connectivity index (χ1) is 17.5. The highest BCUT2D eigenvalue weighted by Crippen LogP contribution is 2.27. The van der Waals surface area contributed by atoms with E-state index in [9.17, 15) is 14.0 Å². The van der Waals surface area contributed by atoms with E-state index in [1.165, 1.54) is 23.5 Å². The van der Waals surface area contributed by atoms with E-state index in [1.54, 1.807) is 29.6 Å². The maximum absolute atomic E-state index is 13.1. The lowest BCUT2D eigenvalue weighted by Crippen LogP contribution is -2.21. The number of esters is 1. The minimum Gasteiger partial charge on any atom is -0.452 e. The number of fused-ring (bicyclic) bond motifs is 1. The first-order valence-corrected chi connectivity index (χ1v) is 12.0. The molecule has 0 fully saturated rings. The average molecular weight is 498 g/mol. The standard InChI is InChI=1S/C28H20FN3O3S/c1-17-6-8-18(9-7-17)24-14-22(21-4-2-3-5-23(21)30-24)27(34)35-15-26(33)32-28-31-25(16-36-28)19-10-12-20(29)13-11-19/h2-14,16H,15H2,1H3,(H,31,32,33). The number of aromatic nitrogens is 2. The maximum atomic E-state index is 13.1. The predicted molar refractivity (Wildman–Crippen MR) is 138 cm³/mol. The van der Waals surface area contributed by atoms with Crippen LogP contribution in [0.4, 0.5) is 9.52 Å². The Labute approximate surface area is 210 Å². The number of thiazole rings is 1. The molecule has 5 rings (SSSR count). The van der Waals surface area contributed by atoms with Crippen LogP contribution in [0.1, 0.15) is 15.9 Å². The fourth-order valence-electron chi connectivity index (χ4n) is 3.67. The number of pyridine rings is 1. The number of carbonyl (C=O) groups is 2. The molecular weight excluding hydrogens is 477 g/mol. The van der Waals surface area contributed by atoms with Crippen molar-refractivity contribution in [3.63, 3.8) is 0 Å². The molecule has 0 atom stereocenters. The number of hydrogen-bond acceptors (Lipinski definition) is 6. The van der Waals surface area contributed by atoms with Crippen LogP contribution in [0.2, 0.25) is 0 Å². The highest BCUT2D eigenvalue weighted by atomic mass is 32.1. The van der Waals surface area contributed by atoms with E-state index in [0.717, 1.165) is 16.7 Å². The third-order valence-electron chi connectivity index (χ3n) is 5.51. The van der Waals surface area contributed by atoms with Gasteiger partial charge in [0.15, 0.2) is 11.7 Å². The molecule has 8 heteroatoms. The highest BCUT2D eigenvalue weighted by Gasteiger charge is 2.17. The van der Waals surface area contributed by atoms with E-state index in [2.05, 4.69) is 15.3 Å². The quantitative estimate of drug-likeness (QED) is 0.280. The van der Waals surface area contributed by atoms with Gasteiger partial charge in [0.05, 0.1) is 22.5 Å². The van der Waals surface area contributed by atoms with Crippen molar-refractivity contribution in [1.29, 1.82) is 0 Å². The summed E-state index contributed by atoms with van der Waals surface area (Å²) in [5.41, 5.74) is 4.96. The van der Waals surface area contributed by atoms with Gasteiger partial charge >= 0.3 is 5.97 Å². The minimum absolute atomic E-state index is 0.330. The monoisotopic (exact) mass is 497 g/mol. The van der Waals surface area contributed by atoms with Crippen molar-refractivity contribution in [1.82, 2.24) is 9.97 Å². The molecule has 2 heterocycles. The molecule has 1 amide bonds. The summed E-state index contributed by atoms with van der Waals surface area (Å²) in [5, 5.41) is 5.38. The SMILES string of the molecule is Cc1ccc(-c2cc(C(=O)OCC(=O)Nc3nc(-c4ccc(F)cc4)cs3)c3ccccc3n2)cc1. The number of hydrogen-bond donors (Lipinski definition) is 1. The zero-order valence-corrected chi connectivity index (χ0v) is 20.0. The van der Waals surface area contributed by atoms with Crippen LogP contribution in [-0.4, -0.2) is 28.5 Å². The fraction of sp³-hybridized carbons (Fsp3) is 0.0714. The van der Waals surface area contributed by atoms with Gasteiger partial charge < -0.3 is 4.74 Å². The second kappa shape index (κ2) is 10.1. The van der Waals surface area contributed by atoms with Gasteiger partial charge in [0.1, 0.15) is 5.82 Å². The highest BCUT2D eigenvalue weighted by molar-refractivity contribution is 7.14. The molecule has 0 aliphatic carbocycles. The number of anilines is 1. The van der Waals surface area contributed by atoms with Crippen molar-refractivity contribution in [2.24, 2.45) is 0 Å². The molecule has 5 aromatic rings. The van der Waals surface area contributed by atoms with Gasteiger partial charge in [-0.25, -0.2) is 19.2 Å². The van der Waals surface area contributed by atoms with Gasteiger partial charge in [-0.15, -0.1) is 11.3 Å². The zero-order chi connectivity index (χ0) is 25.1. The predicted octanol–water partition coefficient (Wildman–Crippen LogP) is 6.27. The summed E-state index contributed by atoms with van der Waals surface area (Å²) in [6.45, 7) is 1.53. The normalized spacial score (nSPS) is 10.8. The number of carbonyl (C=O) groups excluding carboxylic acids is 2. The molecule has 0 aliphatic rings. The number of halogens is 1. The topological polar surface area (TPSA) is 81.2 Å². The van der Waals surface area contributed by atoms with Gasteiger partial charge in [-0.3, -0.25) is 10.1 Å². The number of benzene rings is 3. The number of aryl methyl sites for hydroxylation is 1. The summed E-state index contributed by atoms with van der Waals surface area (Å²) in [7, 11) is 0. The Morgan fingerprint density at radius 3 is 2.39 bits per heavy atom. The molecule has 178 valence electrons. The second-order valence-electron chi connectivity index (χ2n) is 8.11. The average Bonchev–Trinajstić information content (AvgIpc) is 3.35. The van der Waals surface area contributed by atoms with E-state index in [-0.39, 0.29) is 5.82 Å². The Morgan fingerprint density at radius 2 is 1.61 bits per heavy atom. The van der Waals surface area contributed by atoms with Crippen molar-refractivity contribution in [2.45, 2.75) is 6.92 Å². The maximum Gasteiger partial charge on any atom is 0.339 e. The summed E-state index contributed by atoms with van der Waals surface area (Å²) in [5.74, 6) is -1.47. The van der Waals surface area contributed by atoms with Crippen molar-refractivity contribution in [3.8, 4) is 22.5 Å². The van der Waals surface area contributed by atoms with Crippen LogP contribution in [0, 0.1) is 12.7 Å². The molecule has 3 aromatic carbocycles. The summed E-state index contributed by atoms with van der Waals surface area (Å²) in [6.07, 6.45) is 0. The van der Waals surface area contributed by atoms with Crippen LogP contribution < -0.4 is 5.32 Å². The minimum atomic E-state index is -0.622. The molecular formula is C28H20FN3O3S. The summed E-state index contributed by atoms with van der Waals surface area (Å²) >= 11 is 1.22. The lowest BCUT2D eigenvalue weighted by atomic mass is 10.0. The Morgan fingerprint density at radius 1 is 0.917 bits per heavy atom. The molecule has 0 unspecified atom stereocenters. The zero-order valence-electron chi connectivity index (χ0n) is 19.2. The lowest BCUT2D eigenvalue weighted by molar-refractivity contribution is -0.119. The van der Waals surface area contributed by atoms with Gasteiger partial charge in [-0.1, -0.05) is 48.0 Å². The molecule has 36 heavy (non-hydrogen) atoms. The summed E-state index contributed by atoms with van der Waals surface area (Å²) < 4.78 is 18.5. The largest absolute Gasteiger partial charge is 0.452 e. The van der Waals surface area contributed by atoms with Gasteiger partial charge in [0.2, 0.25) is 0 Å². The van der Waals surface area contributed by atoms with Crippen molar-refractivity contribution in [2.75, 3.05) is 11.9 Å².